The molecule has 5 nitrogen and oxygen atoms in total. The summed E-state index contributed by atoms with van der Waals surface area (Å²) in [4.78, 5) is 14.4. The maximum atomic E-state index is 12.1. The van der Waals surface area contributed by atoms with Crippen molar-refractivity contribution in [2.75, 3.05) is 43.1 Å². The molecule has 0 aromatic heterocycles. The normalized spacial score (nSPS) is 14.3. The van der Waals surface area contributed by atoms with E-state index in [0.29, 0.717) is 6.61 Å². The number of ether oxygens (including phenoxy) is 2. The number of hydrogen-bond donors (Lipinski definition) is 1. The molecule has 1 N–H and O–H groups in total. The lowest BCUT2D eigenvalue weighted by Gasteiger charge is -2.28. The molecule has 0 bridgehead atoms. The van der Waals surface area contributed by atoms with Crippen LogP contribution in [0.3, 0.4) is 0 Å². The van der Waals surface area contributed by atoms with Crippen LogP contribution in [0.1, 0.15) is 18.9 Å². The number of rotatable bonds is 7. The van der Waals surface area contributed by atoms with Crippen molar-refractivity contribution in [3.63, 3.8) is 0 Å². The minimum absolute atomic E-state index is 0.152. The summed E-state index contributed by atoms with van der Waals surface area (Å²) in [6, 6.07) is 15.6. The van der Waals surface area contributed by atoms with Crippen LogP contribution in [0.5, 0.6) is 5.75 Å². The zero-order valence-corrected chi connectivity index (χ0v) is 15.7. The van der Waals surface area contributed by atoms with Crippen LogP contribution in [0, 0.1) is 0 Å². The topological polar surface area (TPSA) is 50.8 Å². The zero-order valence-electron chi connectivity index (χ0n) is 15.7. The highest BCUT2D eigenvalue weighted by atomic mass is 16.5. The van der Waals surface area contributed by atoms with E-state index in [1.54, 1.807) is 6.08 Å². The Morgan fingerprint density at radius 3 is 2.48 bits per heavy atom. The number of morpholine rings is 1. The molecular formula is C22H26N2O3. The number of benzene rings is 2. The van der Waals surface area contributed by atoms with E-state index in [4.69, 9.17) is 9.47 Å². The predicted molar refractivity (Wildman–Crippen MR) is 109 cm³/mol. The molecule has 142 valence electrons. The van der Waals surface area contributed by atoms with Crippen molar-refractivity contribution in [3.8, 4) is 5.75 Å². The quantitative estimate of drug-likeness (QED) is 0.754. The highest BCUT2D eigenvalue weighted by Crippen LogP contribution is 2.19. The van der Waals surface area contributed by atoms with Crippen molar-refractivity contribution in [2.24, 2.45) is 0 Å². The number of anilines is 2. The number of carbonyl (C=O) groups is 1. The Balaban J connectivity index is 1.51. The maximum Gasteiger partial charge on any atom is 0.248 e. The number of nitrogens with one attached hydrogen (secondary N) is 1. The molecule has 1 saturated heterocycles. The van der Waals surface area contributed by atoms with Crippen molar-refractivity contribution < 1.29 is 14.3 Å². The summed E-state index contributed by atoms with van der Waals surface area (Å²) in [5.74, 6) is 0.694. The minimum Gasteiger partial charge on any atom is -0.494 e. The van der Waals surface area contributed by atoms with Gasteiger partial charge in [0.05, 0.1) is 19.8 Å². The molecule has 27 heavy (non-hydrogen) atoms. The van der Waals surface area contributed by atoms with Crippen molar-refractivity contribution in [3.05, 3.63) is 60.2 Å². The van der Waals surface area contributed by atoms with E-state index < -0.39 is 0 Å². The number of carbonyl (C=O) groups excluding carboxylic acids is 1. The number of nitrogens with zero attached hydrogens (tertiary/aromatic N) is 1. The number of hydrogen-bond acceptors (Lipinski definition) is 4. The van der Waals surface area contributed by atoms with E-state index >= 15 is 0 Å². The Hall–Kier alpha value is -2.79. The van der Waals surface area contributed by atoms with Crippen molar-refractivity contribution in [2.45, 2.75) is 13.3 Å². The molecule has 1 fully saturated rings. The fourth-order valence-electron chi connectivity index (χ4n) is 2.83. The summed E-state index contributed by atoms with van der Waals surface area (Å²) in [5.41, 5.74) is 2.89. The Morgan fingerprint density at radius 2 is 1.81 bits per heavy atom. The number of amides is 1. The molecule has 1 aliphatic rings. The van der Waals surface area contributed by atoms with Gasteiger partial charge in [-0.3, -0.25) is 4.79 Å². The summed E-state index contributed by atoms with van der Waals surface area (Å²) < 4.78 is 10.9. The summed E-state index contributed by atoms with van der Waals surface area (Å²) in [7, 11) is 0. The predicted octanol–water partition coefficient (Wildman–Crippen LogP) is 3.96. The molecule has 0 atom stereocenters. The van der Waals surface area contributed by atoms with Gasteiger partial charge in [0, 0.05) is 30.5 Å². The van der Waals surface area contributed by atoms with Gasteiger partial charge in [-0.2, -0.15) is 0 Å². The lowest BCUT2D eigenvalue weighted by Crippen LogP contribution is -2.36. The lowest BCUT2D eigenvalue weighted by molar-refractivity contribution is -0.111. The van der Waals surface area contributed by atoms with E-state index in [1.807, 2.05) is 48.5 Å². The molecule has 1 aliphatic heterocycles. The second-order valence-corrected chi connectivity index (χ2v) is 6.39. The van der Waals surface area contributed by atoms with Gasteiger partial charge in [0.15, 0.2) is 0 Å². The molecule has 3 rings (SSSR count). The molecule has 2 aromatic rings. The molecule has 0 spiro atoms. The third-order valence-electron chi connectivity index (χ3n) is 4.29. The minimum atomic E-state index is -0.152. The van der Waals surface area contributed by atoms with Gasteiger partial charge >= 0.3 is 0 Å². The summed E-state index contributed by atoms with van der Waals surface area (Å²) >= 11 is 0. The smallest absolute Gasteiger partial charge is 0.248 e. The van der Waals surface area contributed by atoms with Gasteiger partial charge in [0.25, 0.3) is 0 Å². The van der Waals surface area contributed by atoms with Crippen LogP contribution in [0.15, 0.2) is 54.6 Å². The highest BCUT2D eigenvalue weighted by Gasteiger charge is 2.10. The summed E-state index contributed by atoms with van der Waals surface area (Å²) in [5, 5.41) is 2.89. The van der Waals surface area contributed by atoms with Crippen LogP contribution >= 0.6 is 0 Å². The Bertz CT molecular complexity index is 748. The Morgan fingerprint density at radius 1 is 1.11 bits per heavy atom. The molecule has 2 aromatic carbocycles. The molecule has 5 heteroatoms. The van der Waals surface area contributed by atoms with Gasteiger partial charge in [-0.15, -0.1) is 0 Å². The van der Waals surface area contributed by atoms with Gasteiger partial charge < -0.3 is 19.7 Å². The van der Waals surface area contributed by atoms with Crippen LogP contribution in [0.4, 0.5) is 11.4 Å². The van der Waals surface area contributed by atoms with Gasteiger partial charge in [0.1, 0.15) is 5.75 Å². The molecule has 1 amide bonds. The second kappa shape index (κ2) is 9.78. The van der Waals surface area contributed by atoms with Crippen molar-refractivity contribution >= 4 is 23.4 Å². The first-order chi connectivity index (χ1) is 13.2. The zero-order chi connectivity index (χ0) is 18.9. The van der Waals surface area contributed by atoms with E-state index in [1.165, 1.54) is 6.08 Å². The summed E-state index contributed by atoms with van der Waals surface area (Å²) in [6.07, 6.45) is 4.31. The first-order valence-corrected chi connectivity index (χ1v) is 9.39. The van der Waals surface area contributed by atoms with E-state index in [9.17, 15) is 4.79 Å². The second-order valence-electron chi connectivity index (χ2n) is 6.39. The fraction of sp³-hybridized carbons (Fsp3) is 0.318. The van der Waals surface area contributed by atoms with Gasteiger partial charge in [-0.05, 0) is 54.5 Å². The fourth-order valence-corrected chi connectivity index (χ4v) is 2.83. The SMILES string of the molecule is CCCOc1ccc(/C=C/C(=O)Nc2ccc(N3CCOCC3)cc2)cc1. The maximum absolute atomic E-state index is 12.1. The molecular weight excluding hydrogens is 340 g/mol. The van der Waals surface area contributed by atoms with Gasteiger partial charge in [-0.1, -0.05) is 19.1 Å². The van der Waals surface area contributed by atoms with Gasteiger partial charge in [-0.25, -0.2) is 0 Å². The standard InChI is InChI=1S/C22H26N2O3/c1-2-15-27-21-10-3-18(4-11-21)5-12-22(25)23-19-6-8-20(9-7-19)24-13-16-26-17-14-24/h3-12H,2,13-17H2,1H3,(H,23,25)/b12-5+. The molecule has 0 saturated carbocycles. The van der Waals surface area contributed by atoms with Crippen LogP contribution < -0.4 is 15.0 Å². The van der Waals surface area contributed by atoms with Crippen molar-refractivity contribution in [1.82, 2.24) is 0 Å². The van der Waals surface area contributed by atoms with Crippen LogP contribution in [0.25, 0.3) is 6.08 Å². The first kappa shape index (κ1) is 19.0. The van der Waals surface area contributed by atoms with Crippen LogP contribution in [-0.2, 0) is 9.53 Å². The molecule has 0 unspecified atom stereocenters. The largest absolute Gasteiger partial charge is 0.494 e. The van der Waals surface area contributed by atoms with Gasteiger partial charge in [0.2, 0.25) is 5.91 Å². The molecule has 1 heterocycles. The third kappa shape index (κ3) is 5.86. The Labute approximate surface area is 160 Å². The molecule has 0 radical (unpaired) electrons. The monoisotopic (exact) mass is 366 g/mol. The third-order valence-corrected chi connectivity index (χ3v) is 4.29. The van der Waals surface area contributed by atoms with E-state index in [0.717, 1.165) is 55.4 Å². The first-order valence-electron chi connectivity index (χ1n) is 9.39. The van der Waals surface area contributed by atoms with Crippen molar-refractivity contribution in [1.29, 1.82) is 0 Å². The average molecular weight is 366 g/mol. The Kier molecular flexibility index (Phi) is 6.88. The summed E-state index contributed by atoms with van der Waals surface area (Å²) in [6.45, 7) is 6.10. The highest BCUT2D eigenvalue weighted by molar-refractivity contribution is 6.02. The lowest BCUT2D eigenvalue weighted by atomic mass is 10.2. The van der Waals surface area contributed by atoms with E-state index in [2.05, 4.69) is 17.1 Å². The van der Waals surface area contributed by atoms with Crippen LogP contribution in [0.2, 0.25) is 0 Å². The van der Waals surface area contributed by atoms with Crippen LogP contribution in [-0.4, -0.2) is 38.8 Å². The average Bonchev–Trinajstić information content (AvgIpc) is 2.73. The van der Waals surface area contributed by atoms with E-state index in [-0.39, 0.29) is 5.91 Å². The molecule has 0 aliphatic carbocycles.